The zero-order valence-corrected chi connectivity index (χ0v) is 13.0. The average molecular weight is 332 g/mol. The summed E-state index contributed by atoms with van der Waals surface area (Å²) >= 11 is 5.98. The topological polar surface area (TPSA) is 82.0 Å². The summed E-state index contributed by atoms with van der Waals surface area (Å²) in [5.41, 5.74) is 2.92. The molecule has 23 heavy (non-hydrogen) atoms. The highest BCUT2D eigenvalue weighted by Gasteiger charge is 2.13. The number of benzene rings is 2. The van der Waals surface area contributed by atoms with E-state index in [1.54, 1.807) is 41.9 Å². The molecule has 2 rings (SSSR count). The lowest BCUT2D eigenvalue weighted by Crippen LogP contribution is -2.21. The second-order valence-electron chi connectivity index (χ2n) is 4.62. The van der Waals surface area contributed by atoms with Gasteiger partial charge in [0.1, 0.15) is 0 Å². The molecule has 6 nitrogen and oxygen atoms in total. The molecule has 2 aromatic carbocycles. The molecule has 0 spiro atoms. The third-order valence-electron chi connectivity index (χ3n) is 3.05. The van der Waals surface area contributed by atoms with Crippen molar-refractivity contribution in [1.82, 2.24) is 10.5 Å². The van der Waals surface area contributed by atoms with Crippen molar-refractivity contribution in [3.8, 4) is 0 Å². The van der Waals surface area contributed by atoms with Crippen LogP contribution in [0.3, 0.4) is 0 Å². The summed E-state index contributed by atoms with van der Waals surface area (Å²) in [4.78, 5) is 23.4. The molecule has 0 bridgehead atoms. The summed E-state index contributed by atoms with van der Waals surface area (Å²) in [6, 6.07) is 13.1. The summed E-state index contributed by atoms with van der Waals surface area (Å²) in [5, 5.41) is 14.1. The average Bonchev–Trinajstić information content (AvgIpc) is 2.59. The molecule has 0 aromatic heterocycles. The Labute approximate surface area is 137 Å². The smallest absolute Gasteiger partial charge is 0.275 e. The third-order valence-corrected chi connectivity index (χ3v) is 3.38. The normalized spacial score (nSPS) is 10.6. The molecule has 0 fully saturated rings. The number of rotatable bonds is 4. The van der Waals surface area contributed by atoms with Gasteiger partial charge in [-0.3, -0.25) is 14.8 Å². The molecule has 2 N–H and O–H groups in total. The van der Waals surface area contributed by atoms with Crippen LogP contribution in [0.2, 0.25) is 5.02 Å². The fourth-order valence-corrected chi connectivity index (χ4v) is 2.02. The van der Waals surface area contributed by atoms with Crippen LogP contribution in [0.25, 0.3) is 0 Å². The third kappa shape index (κ3) is 4.15. The van der Waals surface area contributed by atoms with Gasteiger partial charge in [-0.2, -0.15) is 5.10 Å². The van der Waals surface area contributed by atoms with Gasteiger partial charge in [-0.05, 0) is 29.8 Å². The maximum absolute atomic E-state index is 12.2. The van der Waals surface area contributed by atoms with E-state index in [-0.39, 0.29) is 5.91 Å². The van der Waals surface area contributed by atoms with Gasteiger partial charge in [0, 0.05) is 12.6 Å². The van der Waals surface area contributed by atoms with Crippen LogP contribution in [0.5, 0.6) is 0 Å². The zero-order valence-electron chi connectivity index (χ0n) is 12.2. The van der Waals surface area contributed by atoms with Crippen LogP contribution in [0, 0.1) is 0 Å². The number of carbonyl (C=O) groups is 2. The lowest BCUT2D eigenvalue weighted by Gasteiger charge is -2.11. The van der Waals surface area contributed by atoms with E-state index < -0.39 is 5.91 Å². The Bertz CT molecular complexity index is 744. The number of halogens is 1. The molecular weight excluding hydrogens is 318 g/mol. The van der Waals surface area contributed by atoms with Crippen molar-refractivity contribution in [1.29, 1.82) is 0 Å². The fraction of sp³-hybridized carbons (Fsp3) is 0.0625. The van der Waals surface area contributed by atoms with Gasteiger partial charge in [0.2, 0.25) is 0 Å². The van der Waals surface area contributed by atoms with Crippen LogP contribution >= 0.6 is 11.6 Å². The van der Waals surface area contributed by atoms with Gasteiger partial charge in [0.05, 0.1) is 16.8 Å². The van der Waals surface area contributed by atoms with Gasteiger partial charge in [-0.25, -0.2) is 10.5 Å². The zero-order chi connectivity index (χ0) is 16.8. The van der Waals surface area contributed by atoms with Gasteiger partial charge in [-0.15, -0.1) is 0 Å². The molecule has 0 saturated heterocycles. The van der Waals surface area contributed by atoms with Crippen LogP contribution in [0.15, 0.2) is 53.6 Å². The standard InChI is InChI=1S/C16H14ClN3O3/c1-20(16(22)13-4-2-3-5-14(13)17)18-10-11-6-8-12(9-7-11)15(21)19-23/h2-10,23H,1H3,(H,19,21). The van der Waals surface area contributed by atoms with Crippen LogP contribution in [-0.2, 0) is 0 Å². The van der Waals surface area contributed by atoms with Gasteiger partial charge in [0.15, 0.2) is 0 Å². The number of nitrogens with one attached hydrogen (secondary N) is 1. The van der Waals surface area contributed by atoms with E-state index in [0.29, 0.717) is 21.7 Å². The van der Waals surface area contributed by atoms with E-state index in [2.05, 4.69) is 5.10 Å². The monoisotopic (exact) mass is 331 g/mol. The Hall–Kier alpha value is -2.70. The molecule has 0 unspecified atom stereocenters. The number of carbonyl (C=O) groups excluding carboxylic acids is 2. The number of hydrogen-bond donors (Lipinski definition) is 2. The molecule has 0 heterocycles. The van der Waals surface area contributed by atoms with Gasteiger partial charge in [-0.1, -0.05) is 35.9 Å². The second kappa shape index (κ2) is 7.53. The summed E-state index contributed by atoms with van der Waals surface area (Å²) in [6.45, 7) is 0. The molecule has 118 valence electrons. The van der Waals surface area contributed by atoms with Crippen molar-refractivity contribution in [2.24, 2.45) is 5.10 Å². The van der Waals surface area contributed by atoms with E-state index in [9.17, 15) is 9.59 Å². The molecule has 0 aliphatic carbocycles. The SMILES string of the molecule is CN(N=Cc1ccc(C(=O)NO)cc1)C(=O)c1ccccc1Cl. The summed E-state index contributed by atoms with van der Waals surface area (Å²) in [7, 11) is 1.52. The van der Waals surface area contributed by atoms with Crippen molar-refractivity contribution in [2.45, 2.75) is 0 Å². The highest BCUT2D eigenvalue weighted by Crippen LogP contribution is 2.16. The largest absolute Gasteiger partial charge is 0.288 e. The Morgan fingerprint density at radius 3 is 2.43 bits per heavy atom. The van der Waals surface area contributed by atoms with Crippen LogP contribution in [0.4, 0.5) is 0 Å². The number of hydrogen-bond acceptors (Lipinski definition) is 4. The molecule has 2 amide bonds. The molecule has 0 radical (unpaired) electrons. The molecule has 0 saturated carbocycles. The Morgan fingerprint density at radius 1 is 1.17 bits per heavy atom. The van der Waals surface area contributed by atoms with Gasteiger partial charge >= 0.3 is 0 Å². The van der Waals surface area contributed by atoms with E-state index in [1.165, 1.54) is 30.4 Å². The highest BCUT2D eigenvalue weighted by molar-refractivity contribution is 6.33. The second-order valence-corrected chi connectivity index (χ2v) is 5.02. The molecule has 0 atom stereocenters. The maximum Gasteiger partial charge on any atom is 0.275 e. The number of hydrazone groups is 1. The van der Waals surface area contributed by atoms with E-state index in [0.717, 1.165) is 0 Å². The van der Waals surface area contributed by atoms with E-state index in [1.807, 2.05) is 0 Å². The Morgan fingerprint density at radius 2 is 1.83 bits per heavy atom. The van der Waals surface area contributed by atoms with E-state index in [4.69, 9.17) is 16.8 Å². The molecule has 0 aliphatic heterocycles. The lowest BCUT2D eigenvalue weighted by atomic mass is 10.1. The first kappa shape index (κ1) is 16.7. The fourth-order valence-electron chi connectivity index (χ4n) is 1.80. The first-order valence-electron chi connectivity index (χ1n) is 6.64. The highest BCUT2D eigenvalue weighted by atomic mass is 35.5. The minimum absolute atomic E-state index is 0.310. The predicted molar refractivity (Wildman–Crippen MR) is 86.8 cm³/mol. The van der Waals surface area contributed by atoms with E-state index >= 15 is 0 Å². The number of nitrogens with zero attached hydrogens (tertiary/aromatic N) is 2. The van der Waals surface area contributed by atoms with Crippen molar-refractivity contribution in [3.63, 3.8) is 0 Å². The van der Waals surface area contributed by atoms with Crippen molar-refractivity contribution in [3.05, 3.63) is 70.2 Å². The van der Waals surface area contributed by atoms with Crippen LogP contribution in [-0.4, -0.2) is 35.3 Å². The van der Waals surface area contributed by atoms with Gasteiger partial charge < -0.3 is 0 Å². The minimum Gasteiger partial charge on any atom is -0.288 e. The maximum atomic E-state index is 12.2. The molecule has 7 heteroatoms. The van der Waals surface area contributed by atoms with Gasteiger partial charge in [0.25, 0.3) is 11.8 Å². The van der Waals surface area contributed by atoms with Crippen LogP contribution in [0.1, 0.15) is 26.3 Å². The number of hydroxylamine groups is 1. The number of amides is 2. The van der Waals surface area contributed by atoms with Crippen molar-refractivity contribution >= 4 is 29.6 Å². The molecule has 2 aromatic rings. The summed E-state index contributed by atoms with van der Waals surface area (Å²) in [6.07, 6.45) is 1.48. The minimum atomic E-state index is -0.598. The first-order chi connectivity index (χ1) is 11.0. The summed E-state index contributed by atoms with van der Waals surface area (Å²) < 4.78 is 0. The predicted octanol–water partition coefficient (Wildman–Crippen LogP) is 2.57. The quantitative estimate of drug-likeness (QED) is 0.513. The molecule has 0 aliphatic rings. The Balaban J connectivity index is 2.09. The summed E-state index contributed by atoms with van der Waals surface area (Å²) in [5.74, 6) is -0.928. The van der Waals surface area contributed by atoms with Crippen molar-refractivity contribution < 1.29 is 14.8 Å². The first-order valence-corrected chi connectivity index (χ1v) is 7.02. The van der Waals surface area contributed by atoms with Crippen LogP contribution < -0.4 is 5.48 Å². The lowest BCUT2D eigenvalue weighted by molar-refractivity contribution is 0.0706. The Kier molecular flexibility index (Phi) is 5.46. The molecular formula is C16H14ClN3O3. The van der Waals surface area contributed by atoms with Crippen molar-refractivity contribution in [2.75, 3.05) is 7.05 Å².